The molecule has 28 heavy (non-hydrogen) atoms. The van der Waals surface area contributed by atoms with Gasteiger partial charge in [0.2, 0.25) is 0 Å². The molecule has 0 radical (unpaired) electrons. The average molecular weight is 430 g/mol. The summed E-state index contributed by atoms with van der Waals surface area (Å²) in [7, 11) is 0. The molecule has 0 atom stereocenters. The summed E-state index contributed by atoms with van der Waals surface area (Å²) in [5.41, 5.74) is -0.880. The highest BCUT2D eigenvalue weighted by Crippen LogP contribution is 2.55. The molecule has 0 amide bonds. The van der Waals surface area contributed by atoms with E-state index in [2.05, 4.69) is 48.5 Å². The minimum Gasteiger partial charge on any atom is -0.192 e. The zero-order valence-electron chi connectivity index (χ0n) is 14.2. The van der Waals surface area contributed by atoms with Crippen molar-refractivity contribution >= 4 is 56.8 Å². The van der Waals surface area contributed by atoms with E-state index in [0.29, 0.717) is 10.3 Å². The van der Waals surface area contributed by atoms with Crippen LogP contribution in [0, 0.1) is 45.3 Å². The van der Waals surface area contributed by atoms with Crippen molar-refractivity contribution in [3.63, 3.8) is 0 Å². The molecule has 2 aromatic rings. The molecule has 4 rings (SSSR count). The second kappa shape index (κ2) is 9.74. The minimum absolute atomic E-state index is 0.440. The Labute approximate surface area is 180 Å². The topological polar surface area (TPSA) is 95.2 Å². The highest BCUT2D eigenvalue weighted by Gasteiger charge is 2.42. The smallest absolute Gasteiger partial charge is 0.192 e. The lowest BCUT2D eigenvalue weighted by Gasteiger charge is -2.06. The van der Waals surface area contributed by atoms with Crippen molar-refractivity contribution in [2.75, 3.05) is 0 Å². The molecule has 2 heterocycles. The highest BCUT2D eigenvalue weighted by atomic mass is 32.2. The van der Waals surface area contributed by atoms with Gasteiger partial charge in [0.05, 0.1) is 0 Å². The first kappa shape index (κ1) is 20.4. The van der Waals surface area contributed by atoms with Crippen LogP contribution in [0.15, 0.2) is 79.3 Å². The first-order valence-corrected chi connectivity index (χ1v) is 11.4. The number of nitriles is 4. The second-order valence-corrected chi connectivity index (χ2v) is 10.6. The van der Waals surface area contributed by atoms with Gasteiger partial charge in [0.1, 0.15) is 24.3 Å². The Kier molecular flexibility index (Phi) is 7.10. The zero-order valence-corrected chi connectivity index (χ0v) is 17.5. The standard InChI is InChI=1S/C12H8B2S4.C6N4/c1-2-6-10-9(5-1)15-13(16-10)14-17-11-7-3-4-8-12(11)18-14;7-1-5(2-8)6(3-9)4-10/h1-8H;. The van der Waals surface area contributed by atoms with E-state index >= 15 is 0 Å². The van der Waals surface area contributed by atoms with E-state index in [1.807, 2.05) is 46.5 Å². The summed E-state index contributed by atoms with van der Waals surface area (Å²) in [6.07, 6.45) is 0. The number of benzene rings is 2. The number of nitrogens with zero attached hydrogens (tertiary/aromatic N) is 4. The number of rotatable bonds is 1. The van der Waals surface area contributed by atoms with Crippen LogP contribution in [0.2, 0.25) is 0 Å². The molecule has 0 saturated heterocycles. The monoisotopic (exact) mass is 430 g/mol. The van der Waals surface area contributed by atoms with Gasteiger partial charge >= 0.3 is 0 Å². The van der Waals surface area contributed by atoms with E-state index in [0.717, 1.165) is 0 Å². The van der Waals surface area contributed by atoms with Gasteiger partial charge in [0.15, 0.2) is 11.1 Å². The van der Waals surface area contributed by atoms with Crippen molar-refractivity contribution in [2.45, 2.75) is 19.6 Å². The largest absolute Gasteiger partial charge is 0.281 e. The third-order valence-corrected chi connectivity index (χ3v) is 10.2. The summed E-state index contributed by atoms with van der Waals surface area (Å²) >= 11 is 8.10. The van der Waals surface area contributed by atoms with Gasteiger partial charge in [-0.05, 0) is 24.3 Å². The first-order chi connectivity index (χ1) is 13.7. The van der Waals surface area contributed by atoms with E-state index in [1.165, 1.54) is 43.9 Å². The molecular formula is C18H8B2N4S4. The third-order valence-electron chi connectivity index (χ3n) is 3.59. The SMILES string of the molecule is N#CC(C#N)=C(C#N)C#N.c1ccc2c(c1)SB(B1Sc3ccccc3S1)S2. The van der Waals surface area contributed by atoms with Gasteiger partial charge in [0, 0.05) is 19.6 Å². The first-order valence-electron chi connectivity index (χ1n) is 7.89. The summed E-state index contributed by atoms with van der Waals surface area (Å²) in [5.74, 6) is 0. The van der Waals surface area contributed by atoms with Crippen LogP contribution in [-0.2, 0) is 0 Å². The van der Waals surface area contributed by atoms with Gasteiger partial charge in [-0.2, -0.15) is 67.5 Å². The third kappa shape index (κ3) is 4.56. The predicted molar refractivity (Wildman–Crippen MR) is 117 cm³/mol. The molecule has 4 nitrogen and oxygen atoms in total. The number of hydrogen-bond donors (Lipinski definition) is 0. The van der Waals surface area contributed by atoms with Crippen molar-refractivity contribution in [1.82, 2.24) is 0 Å². The molecule has 130 valence electrons. The molecule has 2 aromatic carbocycles. The van der Waals surface area contributed by atoms with Crippen LogP contribution in [0.5, 0.6) is 0 Å². The normalized spacial score (nSPS) is 12.9. The summed E-state index contributed by atoms with van der Waals surface area (Å²) in [6, 6.07) is 23.2. The van der Waals surface area contributed by atoms with Crippen LogP contribution in [0.4, 0.5) is 0 Å². The van der Waals surface area contributed by atoms with Crippen molar-refractivity contribution in [3.05, 3.63) is 59.7 Å². The summed E-state index contributed by atoms with van der Waals surface area (Å²) in [5, 5.41) is 33.8. The maximum atomic E-state index is 8.13. The van der Waals surface area contributed by atoms with Crippen molar-refractivity contribution < 1.29 is 0 Å². The van der Waals surface area contributed by atoms with Crippen LogP contribution in [-0.4, -0.2) is 10.3 Å². The number of hydrogen-bond acceptors (Lipinski definition) is 8. The molecule has 2 aliphatic heterocycles. The fraction of sp³-hybridized carbons (Fsp3) is 0. The number of allylic oxidation sites excluding steroid dienone is 2. The summed E-state index contributed by atoms with van der Waals surface area (Å²) in [4.78, 5) is 5.80. The molecule has 2 aliphatic rings. The van der Waals surface area contributed by atoms with E-state index in [4.69, 9.17) is 21.0 Å². The molecule has 0 unspecified atom stereocenters. The second-order valence-electron chi connectivity index (χ2n) is 5.30. The fourth-order valence-electron chi connectivity index (χ4n) is 2.33. The lowest BCUT2D eigenvalue weighted by atomic mass is 9.72. The summed E-state index contributed by atoms with van der Waals surface area (Å²) in [6.45, 7) is 0. The number of fused-ring (bicyclic) bond motifs is 2. The van der Waals surface area contributed by atoms with Crippen LogP contribution in [0.25, 0.3) is 0 Å². The van der Waals surface area contributed by atoms with Crippen molar-refractivity contribution in [3.8, 4) is 24.3 Å². The van der Waals surface area contributed by atoms with Crippen LogP contribution >= 0.6 is 46.5 Å². The molecule has 10 heteroatoms. The van der Waals surface area contributed by atoms with Gasteiger partial charge in [-0.25, -0.2) is 0 Å². The van der Waals surface area contributed by atoms with E-state index < -0.39 is 11.1 Å². The van der Waals surface area contributed by atoms with E-state index in [-0.39, 0.29) is 0 Å². The maximum Gasteiger partial charge on any atom is 0.281 e. The molecule has 0 N–H and O–H groups in total. The lowest BCUT2D eigenvalue weighted by molar-refractivity contribution is 1.27. The highest BCUT2D eigenvalue weighted by molar-refractivity contribution is 8.78. The van der Waals surface area contributed by atoms with Gasteiger partial charge in [-0.15, -0.1) is 0 Å². The molecule has 0 bridgehead atoms. The average Bonchev–Trinajstić information content (AvgIpc) is 3.36. The van der Waals surface area contributed by atoms with Crippen LogP contribution < -0.4 is 0 Å². The Morgan fingerprint density at radius 2 is 0.786 bits per heavy atom. The minimum atomic E-state index is -0.440. The van der Waals surface area contributed by atoms with Gasteiger partial charge in [-0.1, -0.05) is 24.3 Å². The Morgan fingerprint density at radius 1 is 0.536 bits per heavy atom. The van der Waals surface area contributed by atoms with Crippen molar-refractivity contribution in [2.24, 2.45) is 0 Å². The molecule has 0 spiro atoms. The molecule has 0 saturated carbocycles. The fourth-order valence-corrected chi connectivity index (χ4v) is 8.68. The predicted octanol–water partition coefficient (Wildman–Crippen LogP) is 5.21. The molecule has 0 aliphatic carbocycles. The Bertz CT molecular complexity index is 939. The maximum absolute atomic E-state index is 8.13. The molecule has 0 aromatic heterocycles. The quantitative estimate of drug-likeness (QED) is 0.449. The van der Waals surface area contributed by atoms with Crippen LogP contribution in [0.1, 0.15) is 0 Å². The molecule has 0 fully saturated rings. The van der Waals surface area contributed by atoms with Gasteiger partial charge < -0.3 is 0 Å². The van der Waals surface area contributed by atoms with Gasteiger partial charge in [-0.3, -0.25) is 0 Å². The summed E-state index contributed by atoms with van der Waals surface area (Å²) < 4.78 is 0. The Balaban J connectivity index is 0.000000195. The van der Waals surface area contributed by atoms with Gasteiger partial charge in [0.25, 0.3) is 10.3 Å². The lowest BCUT2D eigenvalue weighted by Crippen LogP contribution is -2.18. The van der Waals surface area contributed by atoms with Crippen molar-refractivity contribution in [1.29, 1.82) is 21.0 Å². The van der Waals surface area contributed by atoms with Crippen LogP contribution in [0.3, 0.4) is 0 Å². The molecular weight excluding hydrogens is 422 g/mol. The Hall–Kier alpha value is -2.33. The Morgan fingerprint density at radius 3 is 1.00 bits per heavy atom. The van der Waals surface area contributed by atoms with E-state index in [9.17, 15) is 0 Å². The van der Waals surface area contributed by atoms with E-state index in [1.54, 1.807) is 0 Å². The zero-order chi connectivity index (χ0) is 19.9.